The molecule has 27 heavy (non-hydrogen) atoms. The van der Waals surface area contributed by atoms with Crippen molar-refractivity contribution < 1.29 is 0 Å². The molecule has 0 amide bonds. The van der Waals surface area contributed by atoms with Gasteiger partial charge in [0.25, 0.3) is 0 Å². The van der Waals surface area contributed by atoms with Gasteiger partial charge in [-0.25, -0.2) is 0 Å². The molecule has 0 N–H and O–H groups in total. The van der Waals surface area contributed by atoms with Crippen molar-refractivity contribution in [3.63, 3.8) is 0 Å². The second-order valence-electron chi connectivity index (χ2n) is 13.1. The molecule has 0 atom stereocenters. The van der Waals surface area contributed by atoms with Crippen LogP contribution in [0.25, 0.3) is 0 Å². The van der Waals surface area contributed by atoms with Crippen molar-refractivity contribution in [3.05, 3.63) is 0 Å². The molecule has 0 saturated carbocycles. The van der Waals surface area contributed by atoms with E-state index < -0.39 is 58.2 Å². The second kappa shape index (κ2) is 10.6. The van der Waals surface area contributed by atoms with E-state index in [4.69, 9.17) is 20.0 Å². The topological polar surface area (TPSA) is 0 Å². The SMILES string of the molecule is C[Si](C)(C)[Si]([Si](C)(C)C)[Si](C)(C)[Si](C)(C)[Si]([Si](C)(C)C)[Si](C)(C)C.[Cl][Ge][Cl]. The predicted molar refractivity (Wildman–Crippen MR) is 157 cm³/mol. The van der Waals surface area contributed by atoms with Crippen LogP contribution in [0.3, 0.4) is 0 Å². The van der Waals surface area contributed by atoms with Crippen LogP contribution in [-0.2, 0) is 0 Å². The van der Waals surface area contributed by atoms with Gasteiger partial charge in [-0.15, -0.1) is 0 Å². The summed E-state index contributed by atoms with van der Waals surface area (Å²) in [6.07, 6.45) is 0. The van der Waals surface area contributed by atoms with Crippen LogP contribution in [-0.4, -0.2) is 72.9 Å². The molecule has 0 aromatic carbocycles. The van der Waals surface area contributed by atoms with Crippen LogP contribution < -0.4 is 0 Å². The minimum atomic E-state index is -1.13. The van der Waals surface area contributed by atoms with Gasteiger partial charge in [-0.3, -0.25) is 0 Å². The summed E-state index contributed by atoms with van der Waals surface area (Å²) in [5.74, 6) is 0. The van der Waals surface area contributed by atoms with Crippen molar-refractivity contribution in [1.29, 1.82) is 0 Å². The Morgan fingerprint density at radius 2 is 0.519 bits per heavy atom. The number of rotatable bonds is 7. The maximum atomic E-state index is 4.89. The van der Waals surface area contributed by atoms with E-state index in [1.807, 2.05) is 0 Å². The van der Waals surface area contributed by atoms with E-state index in [2.05, 4.69) is 105 Å². The molecule has 0 aliphatic carbocycles. The van der Waals surface area contributed by atoms with E-state index in [0.29, 0.717) is 0 Å². The normalized spacial score (nSPS) is 15.1. The Morgan fingerprint density at radius 3 is 0.593 bits per heavy atom. The molecule has 0 fully saturated rings. The zero-order chi connectivity index (χ0) is 22.9. The van der Waals surface area contributed by atoms with E-state index in [9.17, 15) is 0 Å². The Hall–Kier alpha value is 2.86. The fourth-order valence-electron chi connectivity index (χ4n) is 6.62. The van der Waals surface area contributed by atoms with Gasteiger partial charge in [0.05, 0.1) is 0 Å². The summed E-state index contributed by atoms with van der Waals surface area (Å²) in [5, 5.41) is 0. The molecule has 11 heteroatoms. The molecular weight excluding hydrogens is 560 g/mol. The van der Waals surface area contributed by atoms with Gasteiger partial charge in [0.15, 0.2) is 0 Å². The Morgan fingerprint density at radius 1 is 0.407 bits per heavy atom. The molecule has 0 aromatic heterocycles. The molecule has 0 saturated heterocycles. The molecule has 0 unspecified atom stereocenters. The Balaban J connectivity index is 0. The van der Waals surface area contributed by atoms with Crippen molar-refractivity contribution in [1.82, 2.24) is 0 Å². The fraction of sp³-hybridized carbons (Fsp3) is 1.00. The van der Waals surface area contributed by atoms with Crippen molar-refractivity contribution in [2.45, 2.75) is 105 Å². The van der Waals surface area contributed by atoms with Gasteiger partial charge < -0.3 is 0 Å². The number of hydrogen-bond donors (Lipinski definition) is 0. The zero-order valence-electron chi connectivity index (χ0n) is 21.3. The zero-order valence-corrected chi connectivity index (χ0v) is 32.9. The molecule has 0 nitrogen and oxygen atoms in total. The first kappa shape index (κ1) is 32.0. The molecule has 0 aliphatic heterocycles. The van der Waals surface area contributed by atoms with Gasteiger partial charge in [-0.2, -0.15) is 0 Å². The summed E-state index contributed by atoms with van der Waals surface area (Å²) in [6.45, 7) is 44.6. The monoisotopic (exact) mass is 608 g/mol. The first-order valence-electron chi connectivity index (χ1n) is 10.1. The van der Waals surface area contributed by atoms with Crippen LogP contribution in [0.1, 0.15) is 0 Å². The third-order valence-corrected chi connectivity index (χ3v) is 156. The molecule has 0 rings (SSSR count). The number of halogens is 2. The van der Waals surface area contributed by atoms with Crippen LogP contribution in [0.4, 0.5) is 0 Å². The Bertz CT molecular complexity index is 389. The van der Waals surface area contributed by atoms with E-state index in [1.165, 1.54) is 0 Å². The summed E-state index contributed by atoms with van der Waals surface area (Å²) in [4.78, 5) is 0. The molecule has 4 radical (unpaired) electrons. The van der Waals surface area contributed by atoms with E-state index in [1.54, 1.807) is 0 Å². The molecule has 0 bridgehead atoms. The Kier molecular flexibility index (Phi) is 12.6. The van der Waals surface area contributed by atoms with E-state index in [-0.39, 0.29) is 14.7 Å². The average Bonchev–Trinajstić information content (AvgIpc) is 2.18. The van der Waals surface area contributed by atoms with Crippen LogP contribution in [0, 0.1) is 0 Å². The summed E-state index contributed by atoms with van der Waals surface area (Å²) >= 11 is -0.556. The van der Waals surface area contributed by atoms with Crippen LogP contribution >= 0.6 is 20.0 Å². The molecule has 0 heterocycles. The third-order valence-electron chi connectivity index (χ3n) is 5.81. The summed E-state index contributed by atoms with van der Waals surface area (Å²) in [7, 11) is 3.16. The maximum absolute atomic E-state index is 4.89. The predicted octanol–water partition coefficient (Wildman–Crippen LogP) is 7.29. The van der Waals surface area contributed by atoms with Gasteiger partial charge in [0, 0.05) is 59.3 Å². The van der Waals surface area contributed by atoms with Gasteiger partial charge in [0.1, 0.15) is 0 Å². The van der Waals surface area contributed by atoms with Crippen LogP contribution in [0.2, 0.25) is 105 Å². The van der Waals surface area contributed by atoms with Crippen LogP contribution in [0.15, 0.2) is 0 Å². The third kappa shape index (κ3) is 9.09. The van der Waals surface area contributed by atoms with Crippen LogP contribution in [0.5, 0.6) is 0 Å². The molecule has 0 aliphatic rings. The van der Waals surface area contributed by atoms with E-state index >= 15 is 0 Å². The minimum absolute atomic E-state index is 0.124. The first-order valence-corrected chi connectivity index (χ1v) is 45.6. The van der Waals surface area contributed by atoms with Crippen molar-refractivity contribution in [3.8, 4) is 0 Å². The Labute approximate surface area is 196 Å². The summed E-state index contributed by atoms with van der Waals surface area (Å²) in [6, 6.07) is 0. The van der Waals surface area contributed by atoms with Gasteiger partial charge in [-0.1, -0.05) is 105 Å². The average molecular weight is 609 g/mol. The fourth-order valence-corrected chi connectivity index (χ4v) is 273. The molecular formula is C16H48Cl2GeSi8. The van der Waals surface area contributed by atoms with Gasteiger partial charge in [-0.05, 0) is 0 Å². The standard InChI is InChI=1S/C16H48Si8.Cl2Ge/c1-19(2,3)17(20(4,5)6)23(13,14)24(15,16)18(21(7,8)9)22(10,11)12;1-3-2/h1-16H3;. The van der Waals surface area contributed by atoms with Crippen molar-refractivity contribution in [2.75, 3.05) is 0 Å². The summed E-state index contributed by atoms with van der Waals surface area (Å²) < 4.78 is 0. The quantitative estimate of drug-likeness (QED) is 0.266. The van der Waals surface area contributed by atoms with Crippen molar-refractivity contribution in [2.24, 2.45) is 0 Å². The van der Waals surface area contributed by atoms with Crippen molar-refractivity contribution >= 4 is 92.9 Å². The van der Waals surface area contributed by atoms with Gasteiger partial charge in [0.2, 0.25) is 0 Å². The van der Waals surface area contributed by atoms with Gasteiger partial charge >= 0.3 is 33.6 Å². The molecule has 0 spiro atoms. The summed E-state index contributed by atoms with van der Waals surface area (Å²) in [5.41, 5.74) is 0. The number of hydrogen-bond acceptors (Lipinski definition) is 0. The second-order valence-corrected chi connectivity index (χ2v) is 96.3. The molecule has 162 valence electrons. The molecule has 0 aromatic rings. The first-order chi connectivity index (χ1) is 11.4. The van der Waals surface area contributed by atoms with E-state index in [0.717, 1.165) is 0 Å².